The number of benzene rings is 1. The van der Waals surface area contributed by atoms with Gasteiger partial charge in [-0.05, 0) is 13.0 Å². The van der Waals surface area contributed by atoms with Crippen LogP contribution in [-0.2, 0) is 0 Å². The minimum absolute atomic E-state index is 0.342. The van der Waals surface area contributed by atoms with Gasteiger partial charge in [0, 0.05) is 10.6 Å². The largest absolute Gasteiger partial charge is 0.390 e. The van der Waals surface area contributed by atoms with Crippen molar-refractivity contribution in [1.82, 2.24) is 0 Å². The first-order chi connectivity index (χ1) is 5.63. The van der Waals surface area contributed by atoms with E-state index in [1.807, 2.05) is 0 Å². The molecule has 3 heteroatoms. The van der Waals surface area contributed by atoms with Gasteiger partial charge in [-0.2, -0.15) is 0 Å². The third-order valence-electron chi connectivity index (χ3n) is 1.63. The van der Waals surface area contributed by atoms with Gasteiger partial charge in [-0.3, -0.25) is 0 Å². The predicted octanol–water partition coefficient (Wildman–Crippen LogP) is 2.73. The van der Waals surface area contributed by atoms with Gasteiger partial charge in [0.1, 0.15) is 0 Å². The van der Waals surface area contributed by atoms with Gasteiger partial charge in [-0.15, -0.1) is 0 Å². The topological polar surface area (TPSA) is 20.2 Å². The predicted molar refractivity (Wildman–Crippen MR) is 47.0 cm³/mol. The van der Waals surface area contributed by atoms with Crippen LogP contribution in [0.2, 0.25) is 5.02 Å². The summed E-state index contributed by atoms with van der Waals surface area (Å²) in [6.07, 6.45) is -2.43. The molecular formula is C9H10ClFO. The van der Waals surface area contributed by atoms with Crippen LogP contribution in [0.1, 0.15) is 18.7 Å². The van der Waals surface area contributed by atoms with Crippen LogP contribution in [0.5, 0.6) is 0 Å². The molecule has 0 spiro atoms. The summed E-state index contributed by atoms with van der Waals surface area (Å²) in [5, 5.41) is 9.32. The quantitative estimate of drug-likeness (QED) is 0.757. The number of halogens is 2. The maximum atomic E-state index is 13.2. The van der Waals surface area contributed by atoms with E-state index in [1.54, 1.807) is 24.3 Å². The third kappa shape index (κ3) is 1.96. The van der Waals surface area contributed by atoms with E-state index >= 15 is 0 Å². The Balaban J connectivity index is 2.94. The fourth-order valence-electron chi connectivity index (χ4n) is 0.959. The number of aliphatic hydroxyl groups excluding tert-OH is 1. The van der Waals surface area contributed by atoms with E-state index in [0.29, 0.717) is 10.6 Å². The van der Waals surface area contributed by atoms with E-state index in [1.165, 1.54) is 6.92 Å². The van der Waals surface area contributed by atoms with E-state index in [-0.39, 0.29) is 0 Å². The standard InChI is InChI=1S/C9H10ClFO/c1-6(12)9(11)7-4-2-3-5-8(7)10/h2-6,9,12H,1H3. The molecule has 66 valence electrons. The first-order valence-corrected chi connectivity index (χ1v) is 4.07. The Morgan fingerprint density at radius 1 is 1.42 bits per heavy atom. The number of aliphatic hydroxyl groups is 1. The van der Waals surface area contributed by atoms with Crippen molar-refractivity contribution in [1.29, 1.82) is 0 Å². The van der Waals surface area contributed by atoms with Crippen LogP contribution in [0.15, 0.2) is 24.3 Å². The van der Waals surface area contributed by atoms with Crippen molar-refractivity contribution >= 4 is 11.6 Å². The molecule has 1 N–H and O–H groups in total. The van der Waals surface area contributed by atoms with E-state index < -0.39 is 12.3 Å². The van der Waals surface area contributed by atoms with Gasteiger partial charge in [-0.25, -0.2) is 4.39 Å². The lowest BCUT2D eigenvalue weighted by atomic mass is 10.1. The molecule has 0 aliphatic rings. The van der Waals surface area contributed by atoms with Crippen molar-refractivity contribution in [3.05, 3.63) is 34.9 Å². The molecule has 1 rings (SSSR count). The SMILES string of the molecule is CC(O)C(F)c1ccccc1Cl. The second-order valence-electron chi connectivity index (χ2n) is 2.66. The molecule has 0 fully saturated rings. The summed E-state index contributed by atoms with van der Waals surface area (Å²) in [6, 6.07) is 6.59. The summed E-state index contributed by atoms with van der Waals surface area (Å²) >= 11 is 5.71. The average Bonchev–Trinajstić information content (AvgIpc) is 2.04. The molecule has 0 aliphatic carbocycles. The van der Waals surface area contributed by atoms with Gasteiger partial charge in [0.15, 0.2) is 6.17 Å². The zero-order valence-corrected chi connectivity index (χ0v) is 7.42. The molecule has 0 bridgehead atoms. The number of hydrogen-bond acceptors (Lipinski definition) is 1. The molecule has 2 atom stereocenters. The van der Waals surface area contributed by atoms with E-state index in [2.05, 4.69) is 0 Å². The summed E-state index contributed by atoms with van der Waals surface area (Å²) in [7, 11) is 0. The highest BCUT2D eigenvalue weighted by Crippen LogP contribution is 2.27. The molecular weight excluding hydrogens is 179 g/mol. The molecule has 0 aliphatic heterocycles. The molecule has 1 aromatic carbocycles. The second kappa shape index (κ2) is 3.87. The number of rotatable bonds is 2. The van der Waals surface area contributed by atoms with Crippen LogP contribution in [0.3, 0.4) is 0 Å². The summed E-state index contributed by atoms with van der Waals surface area (Å²) < 4.78 is 13.2. The molecule has 1 nitrogen and oxygen atoms in total. The van der Waals surface area contributed by atoms with Gasteiger partial charge >= 0.3 is 0 Å². The van der Waals surface area contributed by atoms with Gasteiger partial charge in [0.2, 0.25) is 0 Å². The summed E-state index contributed by atoms with van der Waals surface area (Å²) in [4.78, 5) is 0. The van der Waals surface area contributed by atoms with Crippen LogP contribution in [-0.4, -0.2) is 11.2 Å². The monoisotopic (exact) mass is 188 g/mol. The van der Waals surface area contributed by atoms with Crippen molar-refractivity contribution in [2.75, 3.05) is 0 Å². The number of alkyl halides is 1. The fourth-order valence-corrected chi connectivity index (χ4v) is 1.20. The smallest absolute Gasteiger partial charge is 0.152 e. The lowest BCUT2D eigenvalue weighted by Crippen LogP contribution is -2.09. The lowest BCUT2D eigenvalue weighted by Gasteiger charge is -2.12. The molecule has 12 heavy (non-hydrogen) atoms. The Bertz CT molecular complexity index is 262. The maximum absolute atomic E-state index is 13.2. The Morgan fingerprint density at radius 2 is 2.00 bits per heavy atom. The number of hydrogen-bond donors (Lipinski definition) is 1. The summed E-state index contributed by atoms with van der Waals surface area (Å²) in [5.74, 6) is 0. The van der Waals surface area contributed by atoms with Crippen molar-refractivity contribution < 1.29 is 9.50 Å². The normalized spacial score (nSPS) is 15.7. The average molecular weight is 189 g/mol. The maximum Gasteiger partial charge on any atom is 0.152 e. The van der Waals surface area contributed by atoms with Crippen LogP contribution in [0.25, 0.3) is 0 Å². The Hall–Kier alpha value is -0.600. The van der Waals surface area contributed by atoms with Gasteiger partial charge in [0.05, 0.1) is 6.10 Å². The highest BCUT2D eigenvalue weighted by Gasteiger charge is 2.17. The van der Waals surface area contributed by atoms with Crippen LogP contribution in [0.4, 0.5) is 4.39 Å². The lowest BCUT2D eigenvalue weighted by molar-refractivity contribution is 0.0934. The zero-order chi connectivity index (χ0) is 9.14. The van der Waals surface area contributed by atoms with Crippen LogP contribution >= 0.6 is 11.6 Å². The van der Waals surface area contributed by atoms with Gasteiger partial charge in [-0.1, -0.05) is 29.8 Å². The first-order valence-electron chi connectivity index (χ1n) is 3.69. The first kappa shape index (κ1) is 9.49. The van der Waals surface area contributed by atoms with Crippen molar-refractivity contribution in [3.63, 3.8) is 0 Å². The second-order valence-corrected chi connectivity index (χ2v) is 3.07. The molecule has 0 radical (unpaired) electrons. The highest BCUT2D eigenvalue weighted by molar-refractivity contribution is 6.31. The van der Waals surface area contributed by atoms with E-state index in [9.17, 15) is 4.39 Å². The van der Waals surface area contributed by atoms with E-state index in [0.717, 1.165) is 0 Å². The minimum atomic E-state index is -1.40. The summed E-state index contributed by atoms with van der Waals surface area (Å²) in [5.41, 5.74) is 0.342. The molecule has 0 saturated heterocycles. The van der Waals surface area contributed by atoms with Crippen molar-refractivity contribution in [2.24, 2.45) is 0 Å². The molecule has 0 aromatic heterocycles. The fraction of sp³-hybridized carbons (Fsp3) is 0.333. The molecule has 0 heterocycles. The summed E-state index contributed by atoms with van der Waals surface area (Å²) in [6.45, 7) is 1.40. The Morgan fingerprint density at radius 3 is 2.50 bits per heavy atom. The molecule has 0 amide bonds. The third-order valence-corrected chi connectivity index (χ3v) is 1.97. The van der Waals surface area contributed by atoms with E-state index in [4.69, 9.17) is 16.7 Å². The highest BCUT2D eigenvalue weighted by atomic mass is 35.5. The van der Waals surface area contributed by atoms with Crippen molar-refractivity contribution in [2.45, 2.75) is 19.2 Å². The molecule has 2 unspecified atom stereocenters. The minimum Gasteiger partial charge on any atom is -0.390 e. The van der Waals surface area contributed by atoms with Gasteiger partial charge in [0.25, 0.3) is 0 Å². The van der Waals surface area contributed by atoms with Crippen molar-refractivity contribution in [3.8, 4) is 0 Å². The Kier molecular flexibility index (Phi) is 3.06. The molecule has 1 aromatic rings. The zero-order valence-electron chi connectivity index (χ0n) is 6.67. The molecule has 0 saturated carbocycles. The van der Waals surface area contributed by atoms with Crippen LogP contribution < -0.4 is 0 Å². The van der Waals surface area contributed by atoms with Crippen LogP contribution in [0, 0.1) is 0 Å². The van der Waals surface area contributed by atoms with Gasteiger partial charge < -0.3 is 5.11 Å². The Labute approximate surface area is 75.8 Å².